The molecule has 1 heterocycles. The van der Waals surface area contributed by atoms with Crippen LogP contribution in [0.25, 0.3) is 0 Å². The molecule has 0 saturated carbocycles. The smallest absolute Gasteiger partial charge is 0.491 e. The van der Waals surface area contributed by atoms with Crippen molar-refractivity contribution >= 4 is 12.6 Å². The number of hydrogen-bond donors (Lipinski definition) is 2. The van der Waals surface area contributed by atoms with Gasteiger partial charge in [0.25, 0.3) is 0 Å². The molecule has 1 fully saturated rings. The lowest BCUT2D eigenvalue weighted by molar-refractivity contribution is -0.0462. The van der Waals surface area contributed by atoms with Gasteiger partial charge < -0.3 is 19.5 Å². The largest absolute Gasteiger partial charge is 0.492 e. The number of hydrogen-bond acceptors (Lipinski definition) is 5. The van der Waals surface area contributed by atoms with Crippen LogP contribution >= 0.6 is 0 Å². The number of rotatable bonds is 5. The average Bonchev–Trinajstić information content (AvgIpc) is 2.46. The second kappa shape index (κ2) is 7.08. The molecule has 20 heavy (non-hydrogen) atoms. The molecule has 1 aliphatic heterocycles. The minimum absolute atomic E-state index is 0.0219. The van der Waals surface area contributed by atoms with E-state index >= 15 is 0 Å². The van der Waals surface area contributed by atoms with Crippen LogP contribution in [-0.4, -0.2) is 61.0 Å². The van der Waals surface area contributed by atoms with Crippen LogP contribution in [-0.2, 0) is 4.74 Å². The van der Waals surface area contributed by atoms with Gasteiger partial charge in [0.2, 0.25) is 0 Å². The molecule has 0 radical (unpaired) electrons. The maximum absolute atomic E-state index is 9.38. The molecule has 0 aromatic heterocycles. The van der Waals surface area contributed by atoms with E-state index in [1.54, 1.807) is 12.1 Å². The first-order valence-corrected chi connectivity index (χ1v) is 7.03. The Bertz CT molecular complexity index is 441. The zero-order valence-electron chi connectivity index (χ0n) is 12.1. The van der Waals surface area contributed by atoms with Gasteiger partial charge in [0, 0.05) is 18.6 Å². The third kappa shape index (κ3) is 3.96. The fourth-order valence-electron chi connectivity index (χ4n) is 2.35. The zero-order chi connectivity index (χ0) is 14.5. The van der Waals surface area contributed by atoms with Crippen LogP contribution in [0.2, 0.25) is 0 Å². The lowest BCUT2D eigenvalue weighted by Crippen LogP contribution is -2.45. The Morgan fingerprint density at radius 3 is 2.95 bits per heavy atom. The van der Waals surface area contributed by atoms with Crippen molar-refractivity contribution < 1.29 is 19.5 Å². The van der Waals surface area contributed by atoms with Gasteiger partial charge in [-0.3, -0.25) is 4.90 Å². The summed E-state index contributed by atoms with van der Waals surface area (Å²) in [5.74, 6) is 0.503. The molecule has 0 spiro atoms. The molecule has 2 rings (SSSR count). The minimum atomic E-state index is -1.52. The van der Waals surface area contributed by atoms with E-state index in [4.69, 9.17) is 9.47 Å². The Kier molecular flexibility index (Phi) is 5.42. The van der Waals surface area contributed by atoms with Crippen LogP contribution in [0.4, 0.5) is 0 Å². The standard InChI is InChI=1S/C14H22BNO4/c1-3-16-6-7-19-12(9-16)10-20-14-5-4-11(2)8-13(14)15(17)18/h4-5,8,12,17-18H,3,6-7,9-10H2,1-2H3. The Hall–Kier alpha value is -1.08. The molecule has 110 valence electrons. The molecular formula is C14H22BNO4. The highest BCUT2D eigenvalue weighted by atomic mass is 16.5. The summed E-state index contributed by atoms with van der Waals surface area (Å²) in [5, 5.41) is 18.8. The molecule has 1 aliphatic rings. The van der Waals surface area contributed by atoms with Gasteiger partial charge in [-0.1, -0.05) is 24.6 Å². The van der Waals surface area contributed by atoms with Crippen LogP contribution < -0.4 is 10.2 Å². The van der Waals surface area contributed by atoms with E-state index in [0.29, 0.717) is 24.4 Å². The number of aryl methyl sites for hydroxylation is 1. The van der Waals surface area contributed by atoms with Crippen LogP contribution in [0.1, 0.15) is 12.5 Å². The molecule has 6 heteroatoms. The van der Waals surface area contributed by atoms with E-state index in [1.165, 1.54) is 0 Å². The minimum Gasteiger partial charge on any atom is -0.491 e. The second-order valence-electron chi connectivity index (χ2n) is 5.11. The Morgan fingerprint density at radius 2 is 2.25 bits per heavy atom. The molecule has 1 aromatic carbocycles. The van der Waals surface area contributed by atoms with Crippen molar-refractivity contribution in [1.29, 1.82) is 0 Å². The predicted molar refractivity (Wildman–Crippen MR) is 78.4 cm³/mol. The fraction of sp³-hybridized carbons (Fsp3) is 0.571. The van der Waals surface area contributed by atoms with Crippen molar-refractivity contribution in [3.05, 3.63) is 23.8 Å². The van der Waals surface area contributed by atoms with Crippen LogP contribution in [0, 0.1) is 6.92 Å². The highest BCUT2D eigenvalue weighted by Gasteiger charge is 2.22. The predicted octanol–water partition coefficient (Wildman–Crippen LogP) is -0.226. The molecule has 1 saturated heterocycles. The van der Waals surface area contributed by atoms with Gasteiger partial charge in [-0.25, -0.2) is 0 Å². The number of benzene rings is 1. The van der Waals surface area contributed by atoms with Crippen molar-refractivity contribution in [2.45, 2.75) is 20.0 Å². The molecule has 1 aromatic rings. The molecule has 2 N–H and O–H groups in total. The summed E-state index contributed by atoms with van der Waals surface area (Å²) in [6.45, 7) is 7.97. The van der Waals surface area contributed by atoms with E-state index < -0.39 is 7.12 Å². The first kappa shape index (κ1) is 15.3. The SMILES string of the molecule is CCN1CCOC(COc2ccc(C)cc2B(O)O)C1. The molecule has 0 bridgehead atoms. The lowest BCUT2D eigenvalue weighted by atomic mass is 9.79. The number of morpholine rings is 1. The quantitative estimate of drug-likeness (QED) is 0.729. The maximum Gasteiger partial charge on any atom is 0.492 e. The van der Waals surface area contributed by atoms with Crippen molar-refractivity contribution in [1.82, 2.24) is 4.90 Å². The maximum atomic E-state index is 9.38. The van der Waals surface area contributed by atoms with Gasteiger partial charge in [-0.05, 0) is 19.5 Å². The summed E-state index contributed by atoms with van der Waals surface area (Å²) in [6.07, 6.45) is 0.0219. The Balaban J connectivity index is 1.96. The number of ether oxygens (including phenoxy) is 2. The van der Waals surface area contributed by atoms with Crippen molar-refractivity contribution in [3.8, 4) is 5.75 Å². The van der Waals surface area contributed by atoms with E-state index in [2.05, 4.69) is 11.8 Å². The van der Waals surface area contributed by atoms with Gasteiger partial charge >= 0.3 is 7.12 Å². The van der Waals surface area contributed by atoms with E-state index in [1.807, 2.05) is 13.0 Å². The van der Waals surface area contributed by atoms with Gasteiger partial charge in [0.15, 0.2) is 0 Å². The zero-order valence-corrected chi connectivity index (χ0v) is 12.1. The molecule has 1 unspecified atom stereocenters. The van der Waals surface area contributed by atoms with E-state index in [0.717, 1.165) is 25.2 Å². The molecule has 0 aliphatic carbocycles. The highest BCUT2D eigenvalue weighted by Crippen LogP contribution is 2.12. The third-order valence-corrected chi connectivity index (χ3v) is 3.54. The van der Waals surface area contributed by atoms with Gasteiger partial charge in [0.1, 0.15) is 18.5 Å². The summed E-state index contributed by atoms with van der Waals surface area (Å²) in [5.41, 5.74) is 1.36. The van der Waals surface area contributed by atoms with E-state index in [9.17, 15) is 10.0 Å². The van der Waals surface area contributed by atoms with Crippen LogP contribution in [0.3, 0.4) is 0 Å². The van der Waals surface area contributed by atoms with Gasteiger partial charge in [-0.2, -0.15) is 0 Å². The summed E-state index contributed by atoms with van der Waals surface area (Å²) >= 11 is 0. The topological polar surface area (TPSA) is 62.2 Å². The summed E-state index contributed by atoms with van der Waals surface area (Å²) < 4.78 is 11.4. The molecular weight excluding hydrogens is 257 g/mol. The molecule has 1 atom stereocenters. The number of nitrogens with zero attached hydrogens (tertiary/aromatic N) is 1. The van der Waals surface area contributed by atoms with E-state index in [-0.39, 0.29) is 6.10 Å². The van der Waals surface area contributed by atoms with Crippen molar-refractivity contribution in [2.24, 2.45) is 0 Å². The summed E-state index contributed by atoms with van der Waals surface area (Å²) in [6, 6.07) is 5.38. The first-order chi connectivity index (χ1) is 9.60. The monoisotopic (exact) mass is 279 g/mol. The van der Waals surface area contributed by atoms with Crippen molar-refractivity contribution in [3.63, 3.8) is 0 Å². The third-order valence-electron chi connectivity index (χ3n) is 3.54. The summed E-state index contributed by atoms with van der Waals surface area (Å²) in [4.78, 5) is 2.31. The van der Waals surface area contributed by atoms with Crippen LogP contribution in [0.5, 0.6) is 5.75 Å². The highest BCUT2D eigenvalue weighted by molar-refractivity contribution is 6.59. The number of likely N-dealkylation sites (N-methyl/N-ethyl adjacent to an activating group) is 1. The van der Waals surface area contributed by atoms with Crippen LogP contribution in [0.15, 0.2) is 18.2 Å². The summed E-state index contributed by atoms with van der Waals surface area (Å²) in [7, 11) is -1.52. The molecule has 5 nitrogen and oxygen atoms in total. The normalized spacial score (nSPS) is 19.9. The molecule has 0 amide bonds. The van der Waals surface area contributed by atoms with Gasteiger partial charge in [0.05, 0.1) is 6.61 Å². The average molecular weight is 279 g/mol. The second-order valence-corrected chi connectivity index (χ2v) is 5.11. The fourth-order valence-corrected chi connectivity index (χ4v) is 2.35. The first-order valence-electron chi connectivity index (χ1n) is 7.03. The Morgan fingerprint density at radius 1 is 1.45 bits per heavy atom. The Labute approximate surface area is 120 Å². The van der Waals surface area contributed by atoms with Crippen molar-refractivity contribution in [2.75, 3.05) is 32.8 Å². The van der Waals surface area contributed by atoms with Gasteiger partial charge in [-0.15, -0.1) is 0 Å². The lowest BCUT2D eigenvalue weighted by Gasteiger charge is -2.32.